The van der Waals surface area contributed by atoms with Gasteiger partial charge in [-0.2, -0.15) is 0 Å². The number of ether oxygens (including phenoxy) is 1. The molecule has 4 nitrogen and oxygen atoms in total. The molecule has 2 saturated carbocycles. The van der Waals surface area contributed by atoms with E-state index in [4.69, 9.17) is 4.74 Å². The van der Waals surface area contributed by atoms with Crippen molar-refractivity contribution in [1.82, 2.24) is 15.2 Å². The minimum Gasteiger partial charge on any atom is -0.493 e. The number of nitrogens with one attached hydrogen (secondary N) is 1. The van der Waals surface area contributed by atoms with Crippen LogP contribution in [0, 0.1) is 11.3 Å². The van der Waals surface area contributed by atoms with Gasteiger partial charge in [-0.3, -0.25) is 4.90 Å². The van der Waals surface area contributed by atoms with Gasteiger partial charge in [0, 0.05) is 24.2 Å². The predicted octanol–water partition coefficient (Wildman–Crippen LogP) is 4.08. The minimum atomic E-state index is 0.551. The number of hydrogen-bond acceptors (Lipinski definition) is 5. The van der Waals surface area contributed by atoms with E-state index in [1.807, 2.05) is 6.20 Å². The zero-order valence-electron chi connectivity index (χ0n) is 15.9. The van der Waals surface area contributed by atoms with Gasteiger partial charge in [-0.1, -0.05) is 12.1 Å². The van der Waals surface area contributed by atoms with Crippen molar-refractivity contribution < 1.29 is 4.74 Å². The molecule has 0 bridgehead atoms. The molecule has 0 amide bonds. The van der Waals surface area contributed by atoms with Crippen LogP contribution < -0.4 is 10.1 Å². The molecular weight excluding hydrogens is 354 g/mol. The first-order chi connectivity index (χ1) is 13.3. The molecule has 2 heterocycles. The van der Waals surface area contributed by atoms with Gasteiger partial charge in [-0.05, 0) is 74.2 Å². The lowest BCUT2D eigenvalue weighted by molar-refractivity contribution is 0.188. The zero-order chi connectivity index (χ0) is 18.1. The van der Waals surface area contributed by atoms with E-state index in [-0.39, 0.29) is 0 Å². The molecule has 1 atom stereocenters. The van der Waals surface area contributed by atoms with E-state index in [9.17, 15) is 0 Å². The van der Waals surface area contributed by atoms with Crippen molar-refractivity contribution >= 4 is 11.3 Å². The maximum Gasteiger partial charge on any atom is 0.119 e. The Morgan fingerprint density at radius 2 is 1.96 bits per heavy atom. The summed E-state index contributed by atoms with van der Waals surface area (Å²) in [6.45, 7) is 5.21. The average molecular weight is 384 g/mol. The summed E-state index contributed by atoms with van der Waals surface area (Å²) in [7, 11) is 0. The summed E-state index contributed by atoms with van der Waals surface area (Å²) < 4.78 is 5.90. The van der Waals surface area contributed by atoms with Crippen molar-refractivity contribution in [2.45, 2.75) is 51.2 Å². The third-order valence-electron chi connectivity index (χ3n) is 6.50. The molecule has 1 aromatic heterocycles. The number of rotatable bonds is 8. The molecule has 5 rings (SSSR count). The standard InChI is InChI=1S/C22H29N3OS/c1-2-18(1)16-26-19-5-3-17(4-6-19)14-25(15-21-24-11-12-27-21)20-13-22(20)7-9-23-10-8-22/h3-6,11-12,18,20,23H,1-2,7-10,13-16H2. The zero-order valence-corrected chi connectivity index (χ0v) is 16.7. The molecule has 2 aliphatic carbocycles. The molecule has 1 spiro atoms. The minimum absolute atomic E-state index is 0.551. The molecular formula is C22H29N3OS. The summed E-state index contributed by atoms with van der Waals surface area (Å²) in [5, 5.41) is 6.84. The van der Waals surface area contributed by atoms with E-state index >= 15 is 0 Å². The maximum absolute atomic E-state index is 5.90. The van der Waals surface area contributed by atoms with Crippen LogP contribution in [-0.4, -0.2) is 35.6 Å². The summed E-state index contributed by atoms with van der Waals surface area (Å²) in [6, 6.07) is 9.48. The third-order valence-corrected chi connectivity index (χ3v) is 7.26. The maximum atomic E-state index is 5.90. The van der Waals surface area contributed by atoms with Crippen molar-refractivity contribution in [2.24, 2.45) is 11.3 Å². The predicted molar refractivity (Wildman–Crippen MR) is 109 cm³/mol. The number of piperidine rings is 1. The summed E-state index contributed by atoms with van der Waals surface area (Å²) in [5.41, 5.74) is 1.93. The monoisotopic (exact) mass is 383 g/mol. The number of nitrogens with zero attached hydrogens (tertiary/aromatic N) is 2. The van der Waals surface area contributed by atoms with Gasteiger partial charge in [0.05, 0.1) is 13.2 Å². The Hall–Kier alpha value is -1.43. The van der Waals surface area contributed by atoms with Crippen LogP contribution in [0.2, 0.25) is 0 Å². The molecule has 3 aliphatic rings. The first kappa shape index (κ1) is 17.7. The van der Waals surface area contributed by atoms with Gasteiger partial charge in [0.15, 0.2) is 0 Å². The van der Waals surface area contributed by atoms with Crippen LogP contribution >= 0.6 is 11.3 Å². The number of benzene rings is 1. The quantitative estimate of drug-likeness (QED) is 0.745. The molecule has 1 aliphatic heterocycles. The Morgan fingerprint density at radius 3 is 2.67 bits per heavy atom. The van der Waals surface area contributed by atoms with Gasteiger partial charge >= 0.3 is 0 Å². The second-order valence-electron chi connectivity index (χ2n) is 8.56. The Morgan fingerprint density at radius 1 is 1.15 bits per heavy atom. The Balaban J connectivity index is 1.26. The second kappa shape index (κ2) is 7.53. The van der Waals surface area contributed by atoms with Gasteiger partial charge in [0.25, 0.3) is 0 Å². The van der Waals surface area contributed by atoms with Crippen LogP contribution in [0.3, 0.4) is 0 Å². The molecule has 144 valence electrons. The van der Waals surface area contributed by atoms with Crippen molar-refractivity contribution in [1.29, 1.82) is 0 Å². The molecule has 5 heteroatoms. The van der Waals surface area contributed by atoms with Crippen molar-refractivity contribution in [3.05, 3.63) is 46.4 Å². The molecule has 1 saturated heterocycles. The molecule has 1 N–H and O–H groups in total. The third kappa shape index (κ3) is 4.20. The first-order valence-corrected chi connectivity index (χ1v) is 11.2. The number of thiazole rings is 1. The lowest BCUT2D eigenvalue weighted by Crippen LogP contribution is -2.35. The lowest BCUT2D eigenvalue weighted by Gasteiger charge is -2.29. The molecule has 27 heavy (non-hydrogen) atoms. The first-order valence-electron chi connectivity index (χ1n) is 10.4. The Kier molecular flexibility index (Phi) is 4.92. The van der Waals surface area contributed by atoms with E-state index < -0.39 is 0 Å². The van der Waals surface area contributed by atoms with Crippen LogP contribution in [0.5, 0.6) is 5.75 Å². The van der Waals surface area contributed by atoms with Gasteiger partial charge < -0.3 is 10.1 Å². The smallest absolute Gasteiger partial charge is 0.119 e. The fourth-order valence-corrected chi connectivity index (χ4v) is 5.15. The van der Waals surface area contributed by atoms with E-state index in [0.29, 0.717) is 11.5 Å². The van der Waals surface area contributed by atoms with E-state index in [1.165, 1.54) is 55.8 Å². The molecule has 1 aromatic carbocycles. The van der Waals surface area contributed by atoms with Crippen molar-refractivity contribution in [3.8, 4) is 5.75 Å². The van der Waals surface area contributed by atoms with Gasteiger partial charge in [-0.25, -0.2) is 4.98 Å². The summed E-state index contributed by atoms with van der Waals surface area (Å²) >= 11 is 1.77. The Bertz CT molecular complexity index is 735. The summed E-state index contributed by atoms with van der Waals surface area (Å²) in [4.78, 5) is 7.22. The van der Waals surface area contributed by atoms with Crippen LogP contribution in [0.4, 0.5) is 0 Å². The normalized spacial score (nSPS) is 23.7. The summed E-state index contributed by atoms with van der Waals surface area (Å²) in [5.74, 6) is 1.81. The molecule has 0 radical (unpaired) electrons. The van der Waals surface area contributed by atoms with Crippen LogP contribution in [0.1, 0.15) is 42.7 Å². The highest BCUT2D eigenvalue weighted by Gasteiger charge is 2.56. The number of hydrogen-bond donors (Lipinski definition) is 1. The largest absolute Gasteiger partial charge is 0.493 e. The Labute approximate surface area is 165 Å². The SMILES string of the molecule is c1csc(CN(Cc2ccc(OCC3CC3)cc2)C2CC23CCNCC3)n1. The molecule has 1 unspecified atom stereocenters. The van der Waals surface area contributed by atoms with Crippen molar-refractivity contribution in [3.63, 3.8) is 0 Å². The molecule has 3 fully saturated rings. The molecule has 2 aromatic rings. The second-order valence-corrected chi connectivity index (χ2v) is 9.54. The summed E-state index contributed by atoms with van der Waals surface area (Å²) in [6.07, 6.45) is 8.59. The highest BCUT2D eigenvalue weighted by Crippen LogP contribution is 2.56. The average Bonchev–Trinajstić information content (AvgIpc) is 3.60. The highest BCUT2D eigenvalue weighted by atomic mass is 32.1. The van der Waals surface area contributed by atoms with Gasteiger partial charge in [-0.15, -0.1) is 11.3 Å². The van der Waals surface area contributed by atoms with Crippen LogP contribution in [0.25, 0.3) is 0 Å². The highest BCUT2D eigenvalue weighted by molar-refractivity contribution is 7.09. The van der Waals surface area contributed by atoms with Gasteiger partial charge in [0.1, 0.15) is 10.8 Å². The fourth-order valence-electron chi connectivity index (χ4n) is 4.51. The van der Waals surface area contributed by atoms with E-state index in [2.05, 4.69) is 44.8 Å². The van der Waals surface area contributed by atoms with E-state index in [0.717, 1.165) is 31.4 Å². The number of aromatic nitrogens is 1. The fraction of sp³-hybridized carbons (Fsp3) is 0.591. The van der Waals surface area contributed by atoms with E-state index in [1.54, 1.807) is 11.3 Å². The topological polar surface area (TPSA) is 37.4 Å². The van der Waals surface area contributed by atoms with Crippen LogP contribution in [0.15, 0.2) is 35.8 Å². The van der Waals surface area contributed by atoms with Crippen molar-refractivity contribution in [2.75, 3.05) is 19.7 Å². The van der Waals surface area contributed by atoms with Crippen LogP contribution in [-0.2, 0) is 13.1 Å². The lowest BCUT2D eigenvalue weighted by atomic mass is 9.93. The van der Waals surface area contributed by atoms with Gasteiger partial charge in [0.2, 0.25) is 0 Å².